The molecule has 0 saturated heterocycles. The Morgan fingerprint density at radius 2 is 1.79 bits per heavy atom. The van der Waals surface area contributed by atoms with Gasteiger partial charge in [0.15, 0.2) is 0 Å². The van der Waals surface area contributed by atoms with Crippen LogP contribution in [0.1, 0.15) is 48.0 Å². The van der Waals surface area contributed by atoms with Crippen LogP contribution in [0.15, 0.2) is 48.5 Å². The largest absolute Gasteiger partial charge is 0.366 e. The van der Waals surface area contributed by atoms with Crippen molar-refractivity contribution >= 4 is 5.91 Å². The molecule has 1 fully saturated rings. The Hall–Kier alpha value is -2.13. The molecule has 3 heteroatoms. The molecule has 0 atom stereocenters. The molecule has 1 aliphatic rings. The average Bonchev–Trinajstić information content (AvgIpc) is 3.13. The van der Waals surface area contributed by atoms with Crippen molar-refractivity contribution in [2.75, 3.05) is 6.54 Å². The summed E-state index contributed by atoms with van der Waals surface area (Å²) in [4.78, 5) is 11.3. The van der Waals surface area contributed by atoms with E-state index in [0.29, 0.717) is 5.56 Å². The Morgan fingerprint density at radius 1 is 1.04 bits per heavy atom. The Morgan fingerprint density at radius 3 is 2.50 bits per heavy atom. The smallest absolute Gasteiger partial charge is 0.248 e. The van der Waals surface area contributed by atoms with Crippen molar-refractivity contribution in [3.05, 3.63) is 59.7 Å². The molecule has 0 heterocycles. The van der Waals surface area contributed by atoms with Crippen LogP contribution in [0.25, 0.3) is 11.1 Å². The SMILES string of the molecule is NC(=O)c1cccc(-c2ccc(CNCCC3CCCC3)cc2)c1. The minimum Gasteiger partial charge on any atom is -0.366 e. The van der Waals surface area contributed by atoms with Gasteiger partial charge < -0.3 is 11.1 Å². The predicted octanol–water partition coefficient (Wildman–Crippen LogP) is 4.12. The monoisotopic (exact) mass is 322 g/mol. The van der Waals surface area contributed by atoms with Crippen LogP contribution in [0.4, 0.5) is 0 Å². The van der Waals surface area contributed by atoms with E-state index in [-0.39, 0.29) is 5.91 Å². The van der Waals surface area contributed by atoms with Crippen molar-refractivity contribution in [3.8, 4) is 11.1 Å². The Labute approximate surface area is 144 Å². The average molecular weight is 322 g/mol. The topological polar surface area (TPSA) is 55.1 Å². The van der Waals surface area contributed by atoms with Crippen molar-refractivity contribution < 1.29 is 4.79 Å². The van der Waals surface area contributed by atoms with Crippen LogP contribution in [0.2, 0.25) is 0 Å². The minimum atomic E-state index is -0.389. The maximum absolute atomic E-state index is 11.3. The summed E-state index contributed by atoms with van der Waals surface area (Å²) in [5, 5.41) is 3.55. The van der Waals surface area contributed by atoms with Crippen LogP contribution in [-0.2, 0) is 6.54 Å². The molecular formula is C21H26N2O. The summed E-state index contributed by atoms with van der Waals surface area (Å²) in [5.74, 6) is 0.553. The van der Waals surface area contributed by atoms with Crippen molar-refractivity contribution in [2.24, 2.45) is 11.7 Å². The molecule has 2 aromatic carbocycles. The molecule has 1 saturated carbocycles. The molecule has 126 valence electrons. The number of nitrogens with one attached hydrogen (secondary N) is 1. The van der Waals surface area contributed by atoms with Gasteiger partial charge in [0.25, 0.3) is 0 Å². The normalized spacial score (nSPS) is 14.8. The molecule has 0 aromatic heterocycles. The second-order valence-corrected chi connectivity index (χ2v) is 6.76. The number of benzene rings is 2. The molecule has 3 N–H and O–H groups in total. The Balaban J connectivity index is 1.53. The lowest BCUT2D eigenvalue weighted by atomic mass is 10.0. The molecular weight excluding hydrogens is 296 g/mol. The van der Waals surface area contributed by atoms with Gasteiger partial charge in [0.05, 0.1) is 0 Å². The molecule has 0 aliphatic heterocycles. The fraction of sp³-hybridized carbons (Fsp3) is 0.381. The zero-order chi connectivity index (χ0) is 16.8. The fourth-order valence-corrected chi connectivity index (χ4v) is 3.51. The van der Waals surface area contributed by atoms with Crippen LogP contribution >= 0.6 is 0 Å². The first-order valence-corrected chi connectivity index (χ1v) is 8.92. The van der Waals surface area contributed by atoms with Crippen LogP contribution in [0, 0.1) is 5.92 Å². The van der Waals surface area contributed by atoms with Crippen molar-refractivity contribution in [1.82, 2.24) is 5.32 Å². The highest BCUT2D eigenvalue weighted by atomic mass is 16.1. The summed E-state index contributed by atoms with van der Waals surface area (Å²) < 4.78 is 0. The fourth-order valence-electron chi connectivity index (χ4n) is 3.51. The molecule has 0 bridgehead atoms. The predicted molar refractivity (Wildman–Crippen MR) is 98.7 cm³/mol. The summed E-state index contributed by atoms with van der Waals surface area (Å²) in [6.45, 7) is 2.02. The van der Waals surface area contributed by atoms with Gasteiger partial charge in [0.2, 0.25) is 5.91 Å². The summed E-state index contributed by atoms with van der Waals surface area (Å²) in [6, 6.07) is 16.0. The highest BCUT2D eigenvalue weighted by Crippen LogP contribution is 2.27. The number of carbonyl (C=O) groups is 1. The molecule has 0 spiro atoms. The second-order valence-electron chi connectivity index (χ2n) is 6.76. The molecule has 0 radical (unpaired) electrons. The van der Waals surface area contributed by atoms with E-state index in [0.717, 1.165) is 30.1 Å². The molecule has 3 rings (SSSR count). The quantitative estimate of drug-likeness (QED) is 0.753. The van der Waals surface area contributed by atoms with Gasteiger partial charge in [0, 0.05) is 12.1 Å². The summed E-state index contributed by atoms with van der Waals surface area (Å²) in [6.07, 6.45) is 6.98. The number of amides is 1. The van der Waals surface area contributed by atoms with Crippen LogP contribution in [-0.4, -0.2) is 12.5 Å². The lowest BCUT2D eigenvalue weighted by molar-refractivity contribution is 0.100. The van der Waals surface area contributed by atoms with Crippen LogP contribution in [0.5, 0.6) is 0 Å². The highest BCUT2D eigenvalue weighted by molar-refractivity contribution is 5.94. The van der Waals surface area contributed by atoms with E-state index >= 15 is 0 Å². The standard InChI is InChI=1S/C21H26N2O/c22-21(24)20-7-3-6-19(14-20)18-10-8-17(9-11-18)15-23-13-12-16-4-1-2-5-16/h3,6-11,14,16,23H,1-2,4-5,12-13,15H2,(H2,22,24). The van der Waals surface area contributed by atoms with Gasteiger partial charge >= 0.3 is 0 Å². The van der Waals surface area contributed by atoms with Crippen LogP contribution < -0.4 is 11.1 Å². The molecule has 2 aromatic rings. The summed E-state index contributed by atoms with van der Waals surface area (Å²) in [7, 11) is 0. The third-order valence-electron chi connectivity index (χ3n) is 4.97. The maximum Gasteiger partial charge on any atom is 0.248 e. The number of hydrogen-bond acceptors (Lipinski definition) is 2. The van der Waals surface area contributed by atoms with E-state index in [2.05, 4.69) is 29.6 Å². The lowest BCUT2D eigenvalue weighted by Gasteiger charge is -2.10. The van der Waals surface area contributed by atoms with Gasteiger partial charge in [0.1, 0.15) is 0 Å². The molecule has 3 nitrogen and oxygen atoms in total. The number of carbonyl (C=O) groups excluding carboxylic acids is 1. The van der Waals surface area contributed by atoms with E-state index in [1.165, 1.54) is 37.7 Å². The van der Waals surface area contributed by atoms with Crippen LogP contribution in [0.3, 0.4) is 0 Å². The lowest BCUT2D eigenvalue weighted by Crippen LogP contribution is -2.16. The van der Waals surface area contributed by atoms with Gasteiger partial charge in [-0.05, 0) is 47.7 Å². The first-order chi connectivity index (χ1) is 11.7. The first-order valence-electron chi connectivity index (χ1n) is 8.92. The third kappa shape index (κ3) is 4.45. The number of hydrogen-bond donors (Lipinski definition) is 2. The van der Waals surface area contributed by atoms with E-state index in [4.69, 9.17) is 5.73 Å². The van der Waals surface area contributed by atoms with E-state index in [1.807, 2.05) is 18.2 Å². The Bertz CT molecular complexity index is 672. The summed E-state index contributed by atoms with van der Waals surface area (Å²) >= 11 is 0. The summed E-state index contributed by atoms with van der Waals surface area (Å²) in [5.41, 5.74) is 9.31. The van der Waals surface area contributed by atoms with Crippen molar-refractivity contribution in [3.63, 3.8) is 0 Å². The maximum atomic E-state index is 11.3. The zero-order valence-corrected chi connectivity index (χ0v) is 14.1. The molecule has 1 amide bonds. The third-order valence-corrected chi connectivity index (χ3v) is 4.97. The second kappa shape index (κ2) is 8.11. The van der Waals surface area contributed by atoms with E-state index in [1.54, 1.807) is 6.07 Å². The van der Waals surface area contributed by atoms with Crippen molar-refractivity contribution in [1.29, 1.82) is 0 Å². The van der Waals surface area contributed by atoms with Gasteiger partial charge in [-0.2, -0.15) is 0 Å². The van der Waals surface area contributed by atoms with E-state index < -0.39 is 0 Å². The van der Waals surface area contributed by atoms with E-state index in [9.17, 15) is 4.79 Å². The minimum absolute atomic E-state index is 0.389. The van der Waals surface area contributed by atoms with Crippen molar-refractivity contribution in [2.45, 2.75) is 38.6 Å². The molecule has 0 unspecified atom stereocenters. The van der Waals surface area contributed by atoms with Gasteiger partial charge in [-0.25, -0.2) is 0 Å². The highest BCUT2D eigenvalue weighted by Gasteiger charge is 2.13. The molecule has 24 heavy (non-hydrogen) atoms. The van der Waals surface area contributed by atoms with Gasteiger partial charge in [-0.15, -0.1) is 0 Å². The number of nitrogens with two attached hydrogens (primary N) is 1. The number of primary amides is 1. The molecule has 1 aliphatic carbocycles. The first kappa shape index (κ1) is 16.7. The van der Waals surface area contributed by atoms with Gasteiger partial charge in [-0.1, -0.05) is 62.1 Å². The number of rotatable bonds is 7. The van der Waals surface area contributed by atoms with Gasteiger partial charge in [-0.3, -0.25) is 4.79 Å². The Kier molecular flexibility index (Phi) is 5.65. The zero-order valence-electron chi connectivity index (χ0n) is 14.1.